The van der Waals surface area contributed by atoms with Crippen molar-refractivity contribution in [1.82, 2.24) is 0 Å². The van der Waals surface area contributed by atoms with Gasteiger partial charge < -0.3 is 10.5 Å². The molecule has 136 valence electrons. The van der Waals surface area contributed by atoms with E-state index < -0.39 is 0 Å². The molecule has 0 fully saturated rings. The summed E-state index contributed by atoms with van der Waals surface area (Å²) in [4.78, 5) is 10.8. The largest absolute Gasteiger partial charge is 0.482 e. The van der Waals surface area contributed by atoms with E-state index in [0.717, 1.165) is 30.4 Å². The van der Waals surface area contributed by atoms with Gasteiger partial charge in [-0.1, -0.05) is 63.6 Å². The Morgan fingerprint density at radius 1 is 1.12 bits per heavy atom. The van der Waals surface area contributed by atoms with Crippen LogP contribution in [0.1, 0.15) is 44.7 Å². The predicted octanol–water partition coefficient (Wildman–Crippen LogP) is 4.87. The lowest BCUT2D eigenvalue weighted by Crippen LogP contribution is -2.06. The van der Waals surface area contributed by atoms with Crippen molar-refractivity contribution in [3.63, 3.8) is 0 Å². The summed E-state index contributed by atoms with van der Waals surface area (Å²) in [6.07, 6.45) is 2.96. The first-order valence-corrected chi connectivity index (χ1v) is 8.63. The first-order valence-electron chi connectivity index (χ1n) is 8.63. The van der Waals surface area contributed by atoms with Crippen molar-refractivity contribution >= 4 is 5.69 Å². The highest BCUT2D eigenvalue weighted by molar-refractivity contribution is 5.48. The minimum absolute atomic E-state index is 0.0412. The summed E-state index contributed by atoms with van der Waals surface area (Å²) in [5.74, 6) is 0.323. The number of nitrogens with two attached hydrogens (primary N) is 1. The van der Waals surface area contributed by atoms with E-state index >= 15 is 0 Å². The van der Waals surface area contributed by atoms with E-state index in [4.69, 9.17) is 10.5 Å². The van der Waals surface area contributed by atoms with Crippen molar-refractivity contribution in [2.24, 2.45) is 5.73 Å². The lowest BCUT2D eigenvalue weighted by Gasteiger charge is -2.08. The van der Waals surface area contributed by atoms with Crippen LogP contribution in [0.15, 0.2) is 48.5 Å². The summed E-state index contributed by atoms with van der Waals surface area (Å²) in [5.41, 5.74) is 7.12. The molecule has 0 radical (unpaired) electrons. The van der Waals surface area contributed by atoms with Crippen LogP contribution < -0.4 is 10.5 Å². The van der Waals surface area contributed by atoms with Gasteiger partial charge in [-0.25, -0.2) is 0 Å². The molecule has 0 aliphatic heterocycles. The molecule has 5 heteroatoms. The highest BCUT2D eigenvalue weighted by Gasteiger charge is 2.16. The van der Waals surface area contributed by atoms with Gasteiger partial charge in [-0.15, -0.1) is 0 Å². The van der Waals surface area contributed by atoms with E-state index in [9.17, 15) is 10.1 Å². The first-order chi connectivity index (χ1) is 11.9. The Morgan fingerprint density at radius 3 is 2.32 bits per heavy atom. The third-order valence-electron chi connectivity index (χ3n) is 3.28. The van der Waals surface area contributed by atoms with Crippen molar-refractivity contribution in [3.8, 4) is 5.75 Å². The molecule has 0 saturated heterocycles. The second-order valence-electron chi connectivity index (χ2n) is 6.18. The van der Waals surface area contributed by atoms with Gasteiger partial charge in [0, 0.05) is 6.07 Å². The maximum absolute atomic E-state index is 11.2. The molecule has 0 bridgehead atoms. The van der Waals surface area contributed by atoms with Crippen LogP contribution in [0.3, 0.4) is 0 Å². The zero-order valence-corrected chi connectivity index (χ0v) is 15.3. The van der Waals surface area contributed by atoms with E-state index in [1.807, 2.05) is 50.2 Å². The van der Waals surface area contributed by atoms with Gasteiger partial charge in [0.05, 0.1) is 4.92 Å². The zero-order chi connectivity index (χ0) is 18.7. The Hall–Kier alpha value is -2.40. The average Bonchev–Trinajstić information content (AvgIpc) is 2.58. The van der Waals surface area contributed by atoms with Crippen LogP contribution in [-0.2, 0) is 13.0 Å². The minimum atomic E-state index is -0.379. The van der Waals surface area contributed by atoms with E-state index in [-0.39, 0.29) is 10.6 Å². The normalized spacial score (nSPS) is 10.1. The summed E-state index contributed by atoms with van der Waals surface area (Å²) >= 11 is 0. The molecule has 0 aromatic heterocycles. The standard InChI is InChI=1S/C17H19NO3.C3H9N/c1-2-3-7-14-10-11-17(16(12-14)18(19)20)21-13-15-8-5-4-6-9-15;1-3(2)4/h4-6,8-12H,2-3,7,13H2,1H3;3H,4H2,1-2H3. The van der Waals surface area contributed by atoms with E-state index in [0.29, 0.717) is 18.4 Å². The Balaban J connectivity index is 0.000000705. The number of ether oxygens (including phenoxy) is 1. The summed E-state index contributed by atoms with van der Waals surface area (Å²) in [6, 6.07) is 15.2. The van der Waals surface area contributed by atoms with Crippen LogP contribution in [0.5, 0.6) is 5.75 Å². The molecule has 0 spiro atoms. The molecule has 2 aromatic rings. The third-order valence-corrected chi connectivity index (χ3v) is 3.28. The number of benzene rings is 2. The Labute approximate surface area is 150 Å². The molecular weight excluding hydrogens is 316 g/mol. The molecule has 0 saturated carbocycles. The minimum Gasteiger partial charge on any atom is -0.482 e. The van der Waals surface area contributed by atoms with Crippen molar-refractivity contribution in [2.45, 2.75) is 52.7 Å². The van der Waals surface area contributed by atoms with Crippen LogP contribution in [0.25, 0.3) is 0 Å². The molecule has 25 heavy (non-hydrogen) atoms. The Kier molecular flexibility index (Phi) is 9.25. The number of nitro benzene ring substituents is 1. The Morgan fingerprint density at radius 2 is 1.76 bits per heavy atom. The van der Waals surface area contributed by atoms with Crippen LogP contribution in [0, 0.1) is 10.1 Å². The molecule has 0 aliphatic carbocycles. The molecule has 0 amide bonds. The summed E-state index contributed by atoms with van der Waals surface area (Å²) in [6.45, 7) is 6.32. The topological polar surface area (TPSA) is 78.4 Å². The molecule has 0 atom stereocenters. The highest BCUT2D eigenvalue weighted by atomic mass is 16.6. The van der Waals surface area contributed by atoms with Gasteiger partial charge in [-0.3, -0.25) is 10.1 Å². The van der Waals surface area contributed by atoms with Gasteiger partial charge in [0.25, 0.3) is 0 Å². The first kappa shape index (κ1) is 20.6. The van der Waals surface area contributed by atoms with Gasteiger partial charge in [0.15, 0.2) is 5.75 Å². The molecule has 2 N–H and O–H groups in total. The van der Waals surface area contributed by atoms with Crippen molar-refractivity contribution in [3.05, 3.63) is 69.8 Å². The van der Waals surface area contributed by atoms with E-state index in [2.05, 4.69) is 6.92 Å². The van der Waals surface area contributed by atoms with E-state index in [1.54, 1.807) is 12.1 Å². The van der Waals surface area contributed by atoms with Gasteiger partial charge in [0.2, 0.25) is 0 Å². The lowest BCUT2D eigenvalue weighted by molar-refractivity contribution is -0.386. The molecule has 0 aliphatic rings. The van der Waals surface area contributed by atoms with Crippen molar-refractivity contribution in [2.75, 3.05) is 0 Å². The summed E-state index contributed by atoms with van der Waals surface area (Å²) < 4.78 is 5.60. The van der Waals surface area contributed by atoms with Crippen LogP contribution in [0.2, 0.25) is 0 Å². The van der Waals surface area contributed by atoms with Crippen LogP contribution in [-0.4, -0.2) is 11.0 Å². The number of nitro groups is 1. The van der Waals surface area contributed by atoms with Gasteiger partial charge in [-0.2, -0.15) is 0 Å². The van der Waals surface area contributed by atoms with E-state index in [1.165, 1.54) is 0 Å². The lowest BCUT2D eigenvalue weighted by atomic mass is 10.1. The highest BCUT2D eigenvalue weighted by Crippen LogP contribution is 2.29. The number of nitrogens with zero attached hydrogens (tertiary/aromatic N) is 1. The number of rotatable bonds is 7. The van der Waals surface area contributed by atoms with Gasteiger partial charge in [-0.05, 0) is 36.1 Å². The molecule has 0 unspecified atom stereocenters. The molecular formula is C20H28N2O3. The quantitative estimate of drug-likeness (QED) is 0.574. The SMILES string of the molecule is CC(C)N.CCCCc1ccc(OCc2ccccc2)c([N+](=O)[O-])c1. The number of hydrogen-bond acceptors (Lipinski definition) is 4. The molecule has 2 rings (SSSR count). The van der Waals surface area contributed by atoms with Gasteiger partial charge >= 0.3 is 5.69 Å². The van der Waals surface area contributed by atoms with Gasteiger partial charge in [0.1, 0.15) is 6.61 Å². The zero-order valence-electron chi connectivity index (χ0n) is 15.3. The number of unbranched alkanes of at least 4 members (excludes halogenated alkanes) is 1. The average molecular weight is 344 g/mol. The monoisotopic (exact) mass is 344 g/mol. The maximum atomic E-state index is 11.2. The van der Waals surface area contributed by atoms with Crippen LogP contribution in [0.4, 0.5) is 5.69 Å². The van der Waals surface area contributed by atoms with Crippen molar-refractivity contribution < 1.29 is 9.66 Å². The smallest absolute Gasteiger partial charge is 0.311 e. The van der Waals surface area contributed by atoms with Crippen LogP contribution >= 0.6 is 0 Å². The maximum Gasteiger partial charge on any atom is 0.311 e. The number of hydrogen-bond donors (Lipinski definition) is 1. The fraction of sp³-hybridized carbons (Fsp3) is 0.400. The second-order valence-corrected chi connectivity index (χ2v) is 6.18. The molecule has 0 heterocycles. The fourth-order valence-electron chi connectivity index (χ4n) is 2.10. The predicted molar refractivity (Wildman–Crippen MR) is 102 cm³/mol. The Bertz CT molecular complexity index is 640. The molecule has 5 nitrogen and oxygen atoms in total. The fourth-order valence-corrected chi connectivity index (χ4v) is 2.10. The molecule has 2 aromatic carbocycles. The number of aryl methyl sites for hydroxylation is 1. The summed E-state index contributed by atoms with van der Waals surface area (Å²) in [5, 5.41) is 11.2. The second kappa shape index (κ2) is 11.2. The third kappa shape index (κ3) is 8.31. The van der Waals surface area contributed by atoms with Crippen molar-refractivity contribution in [1.29, 1.82) is 0 Å². The summed E-state index contributed by atoms with van der Waals surface area (Å²) in [7, 11) is 0.